The predicted octanol–water partition coefficient (Wildman–Crippen LogP) is 13.0. The van der Waals surface area contributed by atoms with Gasteiger partial charge in [-0.1, -0.05) is 140 Å². The van der Waals surface area contributed by atoms with Crippen molar-refractivity contribution in [2.24, 2.45) is 0 Å². The molecule has 1 aliphatic carbocycles. The molecule has 47 heavy (non-hydrogen) atoms. The molecule has 0 saturated heterocycles. The Bertz CT molecular complexity index is 2660. The van der Waals surface area contributed by atoms with Crippen molar-refractivity contribution >= 4 is 70.0 Å². The van der Waals surface area contributed by atoms with E-state index in [2.05, 4.69) is 163 Å². The third-order valence-electron chi connectivity index (χ3n) is 9.95. The standard InChI is InChI=1S/C45H29NS/c1-28-13-3-2-10-26-46(44-38-19-7-6-18-36(38)43-39-20-8-9-23-40(39)47-45(43)41(28)44)30-15-11-14-29(27-30)31-24-25-37-33-17-5-4-16-32(33)35-22-12-21-34(31)42(35)37/h2-25,27H,1,26H2/b10-2-,13-3-. The van der Waals surface area contributed by atoms with Crippen molar-refractivity contribution in [2.75, 3.05) is 11.4 Å². The molecule has 2 heteroatoms. The van der Waals surface area contributed by atoms with Gasteiger partial charge in [0.25, 0.3) is 0 Å². The Balaban J connectivity index is 1.23. The molecule has 1 aliphatic heterocycles. The zero-order valence-corrected chi connectivity index (χ0v) is 26.5. The number of thiophene rings is 1. The number of hydrogen-bond acceptors (Lipinski definition) is 2. The maximum Gasteiger partial charge on any atom is 0.0587 e. The van der Waals surface area contributed by atoms with Gasteiger partial charge >= 0.3 is 0 Å². The zero-order valence-electron chi connectivity index (χ0n) is 25.7. The molecule has 0 bridgehead atoms. The third-order valence-corrected chi connectivity index (χ3v) is 11.1. The minimum absolute atomic E-state index is 0.744. The van der Waals surface area contributed by atoms with Crippen LogP contribution >= 0.6 is 11.3 Å². The molecule has 0 radical (unpaired) electrons. The van der Waals surface area contributed by atoms with Crippen LogP contribution in [0.1, 0.15) is 5.56 Å². The van der Waals surface area contributed by atoms with Crippen molar-refractivity contribution in [1.82, 2.24) is 0 Å². The van der Waals surface area contributed by atoms with E-state index < -0.39 is 0 Å². The highest BCUT2D eigenvalue weighted by Gasteiger charge is 2.25. The Morgan fingerprint density at radius 1 is 0.553 bits per heavy atom. The molecule has 8 aromatic rings. The smallest absolute Gasteiger partial charge is 0.0587 e. The SMILES string of the molecule is C=C1/C=C\C=C/CN(c2cccc(-c3ccc4c5c(cccc35)-c3ccccc3-4)c2)c2c1c1sc3ccccc3c1c1ccccc21. The van der Waals surface area contributed by atoms with Crippen LogP contribution in [0.5, 0.6) is 0 Å². The maximum atomic E-state index is 4.65. The summed E-state index contributed by atoms with van der Waals surface area (Å²) in [5.41, 5.74) is 12.4. The van der Waals surface area contributed by atoms with Crippen LogP contribution in [0, 0.1) is 0 Å². The van der Waals surface area contributed by atoms with Gasteiger partial charge in [0.2, 0.25) is 0 Å². The van der Waals surface area contributed by atoms with Crippen LogP contribution < -0.4 is 4.90 Å². The van der Waals surface area contributed by atoms with Crippen molar-refractivity contribution in [3.63, 3.8) is 0 Å². The number of anilines is 2. The van der Waals surface area contributed by atoms with Gasteiger partial charge in [0, 0.05) is 43.4 Å². The number of hydrogen-bond donors (Lipinski definition) is 0. The van der Waals surface area contributed by atoms with Gasteiger partial charge in [0.1, 0.15) is 0 Å². The van der Waals surface area contributed by atoms with Crippen molar-refractivity contribution in [3.05, 3.63) is 164 Å². The van der Waals surface area contributed by atoms with E-state index in [9.17, 15) is 0 Å². The summed E-state index contributed by atoms with van der Waals surface area (Å²) < 4.78 is 2.60. The second-order valence-electron chi connectivity index (χ2n) is 12.5. The summed E-state index contributed by atoms with van der Waals surface area (Å²) in [6, 6.07) is 47.0. The van der Waals surface area contributed by atoms with Crippen LogP contribution in [0.25, 0.3) is 80.7 Å². The number of nitrogens with zero attached hydrogens (tertiary/aromatic N) is 1. The lowest BCUT2D eigenvalue weighted by Gasteiger charge is -2.29. The highest BCUT2D eigenvalue weighted by Crippen LogP contribution is 2.51. The lowest BCUT2D eigenvalue weighted by atomic mass is 9.92. The summed E-state index contributed by atoms with van der Waals surface area (Å²) in [5.74, 6) is 0. The van der Waals surface area contributed by atoms with Gasteiger partial charge in [-0.25, -0.2) is 0 Å². The second-order valence-corrected chi connectivity index (χ2v) is 13.5. The van der Waals surface area contributed by atoms with Gasteiger partial charge < -0.3 is 4.90 Å². The largest absolute Gasteiger partial charge is 0.337 e. The first-order valence-electron chi connectivity index (χ1n) is 16.2. The van der Waals surface area contributed by atoms with Gasteiger partial charge in [-0.05, 0) is 73.3 Å². The maximum absolute atomic E-state index is 4.65. The minimum Gasteiger partial charge on any atom is -0.337 e. The van der Waals surface area contributed by atoms with Gasteiger partial charge in [-0.15, -0.1) is 11.3 Å². The molecule has 0 saturated carbocycles. The fraction of sp³-hybridized carbons (Fsp3) is 0.0222. The predicted molar refractivity (Wildman–Crippen MR) is 205 cm³/mol. The van der Waals surface area contributed by atoms with Gasteiger partial charge in [0.05, 0.1) is 5.69 Å². The lowest BCUT2D eigenvalue weighted by molar-refractivity contribution is 1.10. The highest BCUT2D eigenvalue weighted by atomic mass is 32.1. The van der Waals surface area contributed by atoms with Crippen LogP contribution in [0.15, 0.2) is 158 Å². The van der Waals surface area contributed by atoms with Crippen LogP contribution in [0.3, 0.4) is 0 Å². The van der Waals surface area contributed by atoms with E-state index >= 15 is 0 Å². The lowest BCUT2D eigenvalue weighted by Crippen LogP contribution is -2.19. The molecule has 1 aromatic heterocycles. The first kappa shape index (κ1) is 26.5. The Morgan fingerprint density at radius 3 is 2.11 bits per heavy atom. The second kappa shape index (κ2) is 10.2. The molecule has 7 aromatic carbocycles. The quantitative estimate of drug-likeness (QED) is 0.187. The monoisotopic (exact) mass is 615 g/mol. The summed E-state index contributed by atoms with van der Waals surface area (Å²) in [7, 11) is 0. The molecule has 2 heterocycles. The Hall–Kier alpha value is -5.70. The van der Waals surface area contributed by atoms with E-state index in [4.69, 9.17) is 0 Å². The summed E-state index contributed by atoms with van der Waals surface area (Å²) in [5, 5.41) is 7.82. The van der Waals surface area contributed by atoms with Crippen LogP contribution in [0.4, 0.5) is 11.4 Å². The number of rotatable bonds is 2. The molecule has 1 nitrogen and oxygen atoms in total. The molecule has 0 spiro atoms. The molecule has 0 fully saturated rings. The molecule has 0 N–H and O–H groups in total. The first-order valence-corrected chi connectivity index (χ1v) is 17.0. The van der Waals surface area contributed by atoms with E-state index in [0.29, 0.717) is 0 Å². The summed E-state index contributed by atoms with van der Waals surface area (Å²) in [6.45, 7) is 5.40. The van der Waals surface area contributed by atoms with Crippen LogP contribution in [-0.4, -0.2) is 6.54 Å². The fourth-order valence-corrected chi connectivity index (χ4v) is 9.24. The summed E-state index contributed by atoms with van der Waals surface area (Å²) in [6.07, 6.45) is 8.70. The third kappa shape index (κ3) is 3.83. The van der Waals surface area contributed by atoms with Crippen molar-refractivity contribution in [1.29, 1.82) is 0 Å². The van der Waals surface area contributed by atoms with Crippen molar-refractivity contribution in [3.8, 4) is 33.4 Å². The van der Waals surface area contributed by atoms with E-state index in [1.807, 2.05) is 11.3 Å². The normalized spacial score (nSPS) is 15.1. The first-order chi connectivity index (χ1) is 23.3. The zero-order chi connectivity index (χ0) is 31.1. The number of fused-ring (bicyclic) bond motifs is 11. The summed E-state index contributed by atoms with van der Waals surface area (Å²) in [4.78, 5) is 2.50. The molecular weight excluding hydrogens is 587 g/mol. The minimum atomic E-state index is 0.744. The van der Waals surface area contributed by atoms with Gasteiger partial charge in [-0.3, -0.25) is 0 Å². The highest BCUT2D eigenvalue weighted by molar-refractivity contribution is 7.26. The van der Waals surface area contributed by atoms with E-state index in [0.717, 1.165) is 12.1 Å². The number of benzene rings is 7. The Morgan fingerprint density at radius 2 is 1.23 bits per heavy atom. The van der Waals surface area contributed by atoms with E-state index in [1.54, 1.807) is 0 Å². The number of allylic oxidation sites excluding steroid dienone is 4. The molecule has 0 atom stereocenters. The van der Waals surface area contributed by atoms with E-state index in [1.165, 1.54) is 92.0 Å². The molecule has 10 rings (SSSR count). The molecule has 0 amide bonds. The average Bonchev–Trinajstić information content (AvgIpc) is 3.69. The molecule has 220 valence electrons. The topological polar surface area (TPSA) is 3.24 Å². The van der Waals surface area contributed by atoms with Crippen LogP contribution in [0.2, 0.25) is 0 Å². The average molecular weight is 616 g/mol. The Kier molecular flexibility index (Phi) is 5.73. The van der Waals surface area contributed by atoms with E-state index in [-0.39, 0.29) is 0 Å². The fourth-order valence-electron chi connectivity index (χ4n) is 7.94. The summed E-state index contributed by atoms with van der Waals surface area (Å²) >= 11 is 1.88. The molecule has 0 unspecified atom stereocenters. The van der Waals surface area contributed by atoms with Crippen LogP contribution in [-0.2, 0) is 0 Å². The van der Waals surface area contributed by atoms with Gasteiger partial charge in [-0.2, -0.15) is 0 Å². The molecule has 2 aliphatic rings. The van der Waals surface area contributed by atoms with Crippen molar-refractivity contribution < 1.29 is 0 Å². The Labute approximate surface area is 277 Å². The van der Waals surface area contributed by atoms with Crippen molar-refractivity contribution in [2.45, 2.75) is 0 Å². The molecular formula is C45H29NS. The van der Waals surface area contributed by atoms with Gasteiger partial charge in [0.15, 0.2) is 0 Å².